The van der Waals surface area contributed by atoms with Crippen molar-refractivity contribution < 1.29 is 23.9 Å². The molecule has 0 aromatic heterocycles. The van der Waals surface area contributed by atoms with E-state index in [9.17, 15) is 23.9 Å². The zero-order valence-electron chi connectivity index (χ0n) is 15.5. The number of hydrogen-bond donors (Lipinski definition) is 4. The molecule has 0 fully saturated rings. The van der Waals surface area contributed by atoms with Gasteiger partial charge in [0.2, 0.25) is 5.91 Å². The molecule has 148 valence electrons. The first-order chi connectivity index (χ1) is 13.2. The monoisotopic (exact) mass is 387 g/mol. The van der Waals surface area contributed by atoms with Crippen LogP contribution in [0.1, 0.15) is 40.9 Å². The van der Waals surface area contributed by atoms with E-state index < -0.39 is 35.7 Å². The van der Waals surface area contributed by atoms with Crippen LogP contribution < -0.4 is 16.4 Å². The molecule has 28 heavy (non-hydrogen) atoms. The fraction of sp³-hybridized carbons (Fsp3) is 0.250. The maximum Gasteiger partial charge on any atom is 0.313 e. The van der Waals surface area contributed by atoms with E-state index in [0.717, 1.165) is 0 Å². The SMILES string of the molecule is Cc1cc(NC(=O)C(=O)NC(C)CC(O)c2ccc(F)cc2)cc(C(N)=O)c1. The quantitative estimate of drug-likeness (QED) is 0.565. The van der Waals surface area contributed by atoms with E-state index in [1.165, 1.54) is 30.3 Å². The van der Waals surface area contributed by atoms with Crippen molar-refractivity contribution in [2.24, 2.45) is 5.73 Å². The number of nitrogens with one attached hydrogen (secondary N) is 2. The van der Waals surface area contributed by atoms with Gasteiger partial charge in [-0.2, -0.15) is 0 Å². The Morgan fingerprint density at radius 2 is 1.75 bits per heavy atom. The lowest BCUT2D eigenvalue weighted by atomic mass is 10.0. The summed E-state index contributed by atoms with van der Waals surface area (Å²) in [5, 5.41) is 15.1. The highest BCUT2D eigenvalue weighted by Crippen LogP contribution is 2.19. The van der Waals surface area contributed by atoms with Crippen LogP contribution in [0, 0.1) is 12.7 Å². The molecule has 8 heteroatoms. The van der Waals surface area contributed by atoms with Gasteiger partial charge in [0.05, 0.1) is 6.10 Å². The molecule has 0 aliphatic rings. The van der Waals surface area contributed by atoms with Gasteiger partial charge in [0.25, 0.3) is 0 Å². The standard InChI is InChI=1S/C20H22FN3O4/c1-11-7-14(18(22)26)10-16(8-11)24-20(28)19(27)23-12(2)9-17(25)13-3-5-15(21)6-4-13/h3-8,10,12,17,25H,9H2,1-2H3,(H2,22,26)(H,23,27)(H,24,28). The fourth-order valence-electron chi connectivity index (χ4n) is 2.69. The number of aliphatic hydroxyl groups is 1. The van der Waals surface area contributed by atoms with Crippen LogP contribution in [-0.4, -0.2) is 28.9 Å². The van der Waals surface area contributed by atoms with E-state index in [0.29, 0.717) is 11.1 Å². The number of rotatable bonds is 6. The Balaban J connectivity index is 1.93. The molecule has 2 rings (SSSR count). The number of aryl methyl sites for hydroxylation is 1. The fourth-order valence-corrected chi connectivity index (χ4v) is 2.69. The molecule has 0 aliphatic carbocycles. The molecule has 0 radical (unpaired) electrons. The number of benzene rings is 2. The van der Waals surface area contributed by atoms with Crippen molar-refractivity contribution in [2.75, 3.05) is 5.32 Å². The molecule has 0 saturated carbocycles. The third-order valence-corrected chi connectivity index (χ3v) is 4.04. The highest BCUT2D eigenvalue weighted by atomic mass is 19.1. The number of carbonyl (C=O) groups is 3. The first-order valence-corrected chi connectivity index (χ1v) is 8.62. The smallest absolute Gasteiger partial charge is 0.313 e. The van der Waals surface area contributed by atoms with Crippen molar-refractivity contribution in [1.29, 1.82) is 0 Å². The van der Waals surface area contributed by atoms with Gasteiger partial charge in [-0.25, -0.2) is 4.39 Å². The second-order valence-corrected chi connectivity index (χ2v) is 6.58. The normalized spacial score (nSPS) is 12.7. The lowest BCUT2D eigenvalue weighted by Crippen LogP contribution is -2.41. The predicted octanol–water partition coefficient (Wildman–Crippen LogP) is 1.80. The van der Waals surface area contributed by atoms with Crippen molar-refractivity contribution in [1.82, 2.24) is 5.32 Å². The van der Waals surface area contributed by atoms with Crippen molar-refractivity contribution in [2.45, 2.75) is 32.4 Å². The van der Waals surface area contributed by atoms with Gasteiger partial charge in [-0.3, -0.25) is 14.4 Å². The zero-order valence-corrected chi connectivity index (χ0v) is 15.5. The molecule has 0 heterocycles. The van der Waals surface area contributed by atoms with Gasteiger partial charge in [-0.1, -0.05) is 12.1 Å². The summed E-state index contributed by atoms with van der Waals surface area (Å²) in [5.74, 6) is -2.86. The summed E-state index contributed by atoms with van der Waals surface area (Å²) in [6, 6.07) is 9.40. The van der Waals surface area contributed by atoms with Gasteiger partial charge in [-0.05, 0) is 61.7 Å². The number of halogens is 1. The minimum Gasteiger partial charge on any atom is -0.388 e. The van der Waals surface area contributed by atoms with E-state index in [2.05, 4.69) is 10.6 Å². The lowest BCUT2D eigenvalue weighted by Gasteiger charge is -2.18. The van der Waals surface area contributed by atoms with Gasteiger partial charge in [0.15, 0.2) is 0 Å². The molecular weight excluding hydrogens is 365 g/mol. The average molecular weight is 387 g/mol. The molecular formula is C20H22FN3O4. The van der Waals surface area contributed by atoms with Crippen LogP contribution in [0.4, 0.5) is 10.1 Å². The number of hydrogen-bond acceptors (Lipinski definition) is 4. The molecule has 0 aliphatic heterocycles. The molecule has 7 nitrogen and oxygen atoms in total. The molecule has 2 aromatic rings. The van der Waals surface area contributed by atoms with Crippen molar-refractivity contribution in [3.8, 4) is 0 Å². The zero-order chi connectivity index (χ0) is 20.8. The largest absolute Gasteiger partial charge is 0.388 e. The van der Waals surface area contributed by atoms with Crippen LogP contribution in [0.3, 0.4) is 0 Å². The number of carbonyl (C=O) groups excluding carboxylic acids is 3. The first-order valence-electron chi connectivity index (χ1n) is 8.62. The molecule has 0 spiro atoms. The Hall–Kier alpha value is -3.26. The van der Waals surface area contributed by atoms with Crippen molar-refractivity contribution in [3.63, 3.8) is 0 Å². The Morgan fingerprint density at radius 3 is 2.36 bits per heavy atom. The summed E-state index contributed by atoms with van der Waals surface area (Å²) in [4.78, 5) is 35.5. The number of primary amides is 1. The summed E-state index contributed by atoms with van der Waals surface area (Å²) in [5.41, 5.74) is 6.92. The van der Waals surface area contributed by atoms with Crippen LogP contribution in [0.5, 0.6) is 0 Å². The summed E-state index contributed by atoms with van der Waals surface area (Å²) in [7, 11) is 0. The third-order valence-electron chi connectivity index (χ3n) is 4.04. The minimum atomic E-state index is -0.922. The van der Waals surface area contributed by atoms with Crippen LogP contribution in [0.15, 0.2) is 42.5 Å². The summed E-state index contributed by atoms with van der Waals surface area (Å²) in [6.07, 6.45) is -0.783. The highest BCUT2D eigenvalue weighted by molar-refractivity contribution is 6.39. The lowest BCUT2D eigenvalue weighted by molar-refractivity contribution is -0.136. The molecule has 2 atom stereocenters. The van der Waals surface area contributed by atoms with Gasteiger partial charge < -0.3 is 21.5 Å². The Bertz CT molecular complexity index is 884. The second kappa shape index (κ2) is 9.09. The Morgan fingerprint density at radius 1 is 1.11 bits per heavy atom. The molecule has 3 amide bonds. The van der Waals surface area contributed by atoms with Gasteiger partial charge in [0, 0.05) is 17.3 Å². The summed E-state index contributed by atoms with van der Waals surface area (Å²) in [6.45, 7) is 3.36. The number of aliphatic hydroxyl groups excluding tert-OH is 1. The molecule has 0 saturated heterocycles. The number of anilines is 1. The van der Waals surface area contributed by atoms with Crippen LogP contribution in [0.25, 0.3) is 0 Å². The van der Waals surface area contributed by atoms with E-state index in [1.807, 2.05) is 0 Å². The maximum absolute atomic E-state index is 12.9. The maximum atomic E-state index is 12.9. The summed E-state index contributed by atoms with van der Waals surface area (Å²) < 4.78 is 12.9. The van der Waals surface area contributed by atoms with Crippen molar-refractivity contribution >= 4 is 23.4 Å². The first kappa shape index (κ1) is 21.0. The van der Waals surface area contributed by atoms with Gasteiger partial charge in [0.1, 0.15) is 5.82 Å². The van der Waals surface area contributed by atoms with E-state index in [-0.39, 0.29) is 17.7 Å². The Kier molecular flexibility index (Phi) is 6.84. The van der Waals surface area contributed by atoms with E-state index in [1.54, 1.807) is 26.0 Å². The van der Waals surface area contributed by atoms with Crippen LogP contribution in [-0.2, 0) is 9.59 Å². The van der Waals surface area contributed by atoms with E-state index in [4.69, 9.17) is 5.73 Å². The van der Waals surface area contributed by atoms with E-state index >= 15 is 0 Å². The molecule has 5 N–H and O–H groups in total. The number of amides is 3. The van der Waals surface area contributed by atoms with Crippen LogP contribution >= 0.6 is 0 Å². The van der Waals surface area contributed by atoms with Gasteiger partial charge >= 0.3 is 11.8 Å². The molecule has 2 aromatic carbocycles. The summed E-state index contributed by atoms with van der Waals surface area (Å²) >= 11 is 0. The highest BCUT2D eigenvalue weighted by Gasteiger charge is 2.19. The molecule has 0 bridgehead atoms. The second-order valence-electron chi connectivity index (χ2n) is 6.58. The number of nitrogens with two attached hydrogens (primary N) is 1. The molecule has 2 unspecified atom stereocenters. The Labute approximate surface area is 161 Å². The van der Waals surface area contributed by atoms with Crippen molar-refractivity contribution in [3.05, 3.63) is 65.0 Å². The third kappa shape index (κ3) is 5.88. The van der Waals surface area contributed by atoms with Gasteiger partial charge in [-0.15, -0.1) is 0 Å². The topological polar surface area (TPSA) is 122 Å². The predicted molar refractivity (Wildman–Crippen MR) is 102 cm³/mol. The van der Waals surface area contributed by atoms with Crippen LogP contribution in [0.2, 0.25) is 0 Å². The average Bonchev–Trinajstić information content (AvgIpc) is 2.61. The minimum absolute atomic E-state index is 0.140.